The highest BCUT2D eigenvalue weighted by Crippen LogP contribution is 2.33. The second-order valence-electron chi connectivity index (χ2n) is 4.72. The Morgan fingerprint density at radius 2 is 2.11 bits per heavy atom. The van der Waals surface area contributed by atoms with E-state index in [-0.39, 0.29) is 6.04 Å². The minimum atomic E-state index is -0.483. The third-order valence-corrected chi connectivity index (χ3v) is 3.71. The van der Waals surface area contributed by atoms with Crippen molar-refractivity contribution < 1.29 is 14.6 Å². The van der Waals surface area contributed by atoms with Crippen LogP contribution in [0, 0.1) is 0 Å². The predicted octanol–water partition coefficient (Wildman–Crippen LogP) is 0.861. The summed E-state index contributed by atoms with van der Waals surface area (Å²) in [6.07, 6.45) is -0.483. The molecule has 1 aliphatic heterocycles. The summed E-state index contributed by atoms with van der Waals surface area (Å²) >= 11 is 6.26. The van der Waals surface area contributed by atoms with Crippen LogP contribution in [0.1, 0.15) is 5.56 Å². The van der Waals surface area contributed by atoms with Gasteiger partial charge in [0.15, 0.2) is 0 Å². The lowest BCUT2D eigenvalue weighted by molar-refractivity contribution is 0.164. The van der Waals surface area contributed by atoms with Crippen LogP contribution >= 0.6 is 11.6 Å². The normalized spacial score (nSPS) is 23.6. The number of nitrogens with zero attached hydrogens (tertiary/aromatic N) is 1. The van der Waals surface area contributed by atoms with E-state index in [4.69, 9.17) is 26.8 Å². The van der Waals surface area contributed by atoms with Crippen molar-refractivity contribution in [3.63, 3.8) is 0 Å². The minimum Gasteiger partial charge on any atom is -0.497 e. The fourth-order valence-corrected chi connectivity index (χ4v) is 2.55. The number of aliphatic hydroxyl groups is 1. The maximum absolute atomic E-state index is 9.67. The minimum absolute atomic E-state index is 0.206. The van der Waals surface area contributed by atoms with Gasteiger partial charge in [0.2, 0.25) is 0 Å². The second-order valence-corrected chi connectivity index (χ2v) is 5.12. The van der Waals surface area contributed by atoms with Gasteiger partial charge < -0.3 is 20.3 Å². The number of aliphatic hydroxyl groups excluding tert-OH is 1. The molecule has 0 aliphatic carbocycles. The van der Waals surface area contributed by atoms with Crippen LogP contribution < -0.4 is 15.2 Å². The molecule has 0 aromatic heterocycles. The maximum Gasteiger partial charge on any atom is 0.128 e. The third-order valence-electron chi connectivity index (χ3n) is 3.37. The monoisotopic (exact) mass is 286 g/mol. The van der Waals surface area contributed by atoms with Crippen LogP contribution in [0.5, 0.6) is 11.5 Å². The molecule has 5 nitrogen and oxygen atoms in total. The van der Waals surface area contributed by atoms with Gasteiger partial charge in [-0.1, -0.05) is 11.6 Å². The molecule has 1 aromatic carbocycles. The van der Waals surface area contributed by atoms with Gasteiger partial charge in [-0.2, -0.15) is 0 Å². The van der Waals surface area contributed by atoms with E-state index in [1.165, 1.54) is 0 Å². The highest BCUT2D eigenvalue weighted by molar-refractivity contribution is 6.31. The lowest BCUT2D eigenvalue weighted by Crippen LogP contribution is -2.32. The first-order valence-electron chi connectivity index (χ1n) is 6.11. The molecule has 1 heterocycles. The Kier molecular flexibility index (Phi) is 4.52. The van der Waals surface area contributed by atoms with E-state index in [2.05, 4.69) is 4.90 Å². The van der Waals surface area contributed by atoms with Crippen LogP contribution in [0.4, 0.5) is 0 Å². The number of benzene rings is 1. The number of methoxy groups -OCH3 is 2. The van der Waals surface area contributed by atoms with E-state index in [1.54, 1.807) is 26.4 Å². The van der Waals surface area contributed by atoms with Gasteiger partial charge in [0.05, 0.1) is 25.3 Å². The lowest BCUT2D eigenvalue weighted by atomic mass is 10.1. The number of β-amino-alcohol motifs (C(OH)–C–C–N with tert-alkyl or cyclic N) is 1. The Hall–Kier alpha value is -1.01. The lowest BCUT2D eigenvalue weighted by Gasteiger charge is -2.19. The molecule has 0 amide bonds. The average molecular weight is 287 g/mol. The second kappa shape index (κ2) is 5.96. The first-order valence-corrected chi connectivity index (χ1v) is 6.49. The molecule has 0 spiro atoms. The van der Waals surface area contributed by atoms with Crippen LogP contribution in [0.3, 0.4) is 0 Å². The number of likely N-dealkylation sites (tertiary alicyclic amines) is 1. The van der Waals surface area contributed by atoms with Crippen molar-refractivity contribution >= 4 is 11.6 Å². The third kappa shape index (κ3) is 3.12. The highest BCUT2D eigenvalue weighted by atomic mass is 35.5. The van der Waals surface area contributed by atoms with Crippen molar-refractivity contribution in [3.05, 3.63) is 22.7 Å². The van der Waals surface area contributed by atoms with Gasteiger partial charge >= 0.3 is 0 Å². The Labute approximate surface area is 117 Å². The van der Waals surface area contributed by atoms with Crippen molar-refractivity contribution in [3.8, 4) is 11.5 Å². The molecule has 0 saturated carbocycles. The standard InChI is InChI=1S/C13H19ClN2O3/c1-18-8-3-10(14)9(13(4-8)19-2)5-16-6-11(15)12(17)7-16/h3-4,11-12,17H,5-7,15H2,1-2H3. The molecule has 19 heavy (non-hydrogen) atoms. The van der Waals surface area contributed by atoms with Crippen molar-refractivity contribution in [1.82, 2.24) is 4.90 Å². The Balaban J connectivity index is 2.20. The van der Waals surface area contributed by atoms with E-state index >= 15 is 0 Å². The summed E-state index contributed by atoms with van der Waals surface area (Å²) < 4.78 is 10.5. The zero-order valence-corrected chi connectivity index (χ0v) is 11.9. The first-order chi connectivity index (χ1) is 9.05. The molecule has 2 unspecified atom stereocenters. The molecule has 2 rings (SSSR count). The summed E-state index contributed by atoms with van der Waals surface area (Å²) in [5.41, 5.74) is 6.68. The van der Waals surface area contributed by atoms with Gasteiger partial charge in [0.1, 0.15) is 11.5 Å². The maximum atomic E-state index is 9.67. The van der Waals surface area contributed by atoms with Crippen molar-refractivity contribution in [2.45, 2.75) is 18.7 Å². The Bertz CT molecular complexity index is 446. The molecule has 106 valence electrons. The van der Waals surface area contributed by atoms with E-state index in [9.17, 15) is 5.11 Å². The fraction of sp³-hybridized carbons (Fsp3) is 0.538. The summed E-state index contributed by atoms with van der Waals surface area (Å²) in [5, 5.41) is 10.3. The van der Waals surface area contributed by atoms with Crippen LogP contribution in [-0.4, -0.2) is 49.5 Å². The quantitative estimate of drug-likeness (QED) is 0.859. The molecule has 1 fully saturated rings. The van der Waals surface area contributed by atoms with Gasteiger partial charge in [-0.15, -0.1) is 0 Å². The molecule has 3 N–H and O–H groups in total. The molecular formula is C13H19ClN2O3. The summed E-state index contributed by atoms with van der Waals surface area (Å²) in [6, 6.07) is 3.35. The first kappa shape index (κ1) is 14.4. The largest absolute Gasteiger partial charge is 0.497 e. The van der Waals surface area contributed by atoms with Gasteiger partial charge in [-0.3, -0.25) is 4.90 Å². The van der Waals surface area contributed by atoms with Crippen LogP contribution in [-0.2, 0) is 6.54 Å². The van der Waals surface area contributed by atoms with Crippen LogP contribution in [0.15, 0.2) is 12.1 Å². The number of rotatable bonds is 4. The van der Waals surface area contributed by atoms with E-state index in [0.717, 1.165) is 5.56 Å². The fourth-order valence-electron chi connectivity index (χ4n) is 2.29. The van der Waals surface area contributed by atoms with E-state index in [1.807, 2.05) is 0 Å². The topological polar surface area (TPSA) is 68.0 Å². The molecule has 1 saturated heterocycles. The SMILES string of the molecule is COc1cc(Cl)c(CN2CC(N)C(O)C2)c(OC)c1. The molecular weight excluding hydrogens is 268 g/mol. The summed E-state index contributed by atoms with van der Waals surface area (Å²) in [7, 11) is 3.18. The van der Waals surface area contributed by atoms with Crippen molar-refractivity contribution in [2.75, 3.05) is 27.3 Å². The van der Waals surface area contributed by atoms with E-state index in [0.29, 0.717) is 36.2 Å². The molecule has 0 radical (unpaired) electrons. The number of hydrogen-bond donors (Lipinski definition) is 2. The van der Waals surface area contributed by atoms with Gasteiger partial charge in [-0.05, 0) is 6.07 Å². The zero-order chi connectivity index (χ0) is 14.0. The highest BCUT2D eigenvalue weighted by Gasteiger charge is 2.29. The summed E-state index contributed by atoms with van der Waals surface area (Å²) in [5.74, 6) is 1.34. The number of hydrogen-bond acceptors (Lipinski definition) is 5. The average Bonchev–Trinajstić information content (AvgIpc) is 2.70. The van der Waals surface area contributed by atoms with Gasteiger partial charge in [0.25, 0.3) is 0 Å². The number of halogens is 1. The Morgan fingerprint density at radius 1 is 1.37 bits per heavy atom. The summed E-state index contributed by atoms with van der Waals surface area (Å²) in [4.78, 5) is 2.06. The molecule has 1 aromatic rings. The van der Waals surface area contributed by atoms with Crippen LogP contribution in [0.2, 0.25) is 5.02 Å². The van der Waals surface area contributed by atoms with Crippen LogP contribution in [0.25, 0.3) is 0 Å². The zero-order valence-electron chi connectivity index (χ0n) is 11.1. The smallest absolute Gasteiger partial charge is 0.128 e. The van der Waals surface area contributed by atoms with Gasteiger partial charge in [0, 0.05) is 37.3 Å². The van der Waals surface area contributed by atoms with Crippen molar-refractivity contribution in [1.29, 1.82) is 0 Å². The molecule has 0 bridgehead atoms. The van der Waals surface area contributed by atoms with E-state index < -0.39 is 6.10 Å². The molecule has 6 heteroatoms. The summed E-state index contributed by atoms with van der Waals surface area (Å²) in [6.45, 7) is 1.79. The predicted molar refractivity (Wildman–Crippen MR) is 73.8 cm³/mol. The number of ether oxygens (including phenoxy) is 2. The van der Waals surface area contributed by atoms with Crippen molar-refractivity contribution in [2.24, 2.45) is 5.73 Å². The molecule has 1 aliphatic rings. The van der Waals surface area contributed by atoms with Gasteiger partial charge in [-0.25, -0.2) is 0 Å². The molecule has 2 atom stereocenters. The number of nitrogens with two attached hydrogens (primary N) is 1. The Morgan fingerprint density at radius 3 is 2.63 bits per heavy atom.